The fourth-order valence-electron chi connectivity index (χ4n) is 5.09. The van der Waals surface area contributed by atoms with Gasteiger partial charge in [-0.25, -0.2) is 4.98 Å². The number of nitrogens with zero attached hydrogens (tertiary/aromatic N) is 2. The number of aromatic nitrogens is 2. The van der Waals surface area contributed by atoms with Crippen LogP contribution in [0.5, 0.6) is 11.6 Å². The molecule has 1 saturated carbocycles. The summed E-state index contributed by atoms with van der Waals surface area (Å²) >= 11 is 0. The van der Waals surface area contributed by atoms with E-state index in [1.807, 2.05) is 25.1 Å². The molecule has 0 unspecified atom stereocenters. The number of fused-ring (bicyclic) bond motifs is 1. The second kappa shape index (κ2) is 10.0. The smallest absolute Gasteiger partial charge is 0.225 e. The number of hydrogen-bond donors (Lipinski definition) is 0. The molecular formula is C30H32N2O3. The molecule has 1 heterocycles. The van der Waals surface area contributed by atoms with Crippen molar-refractivity contribution in [2.24, 2.45) is 0 Å². The molecule has 35 heavy (non-hydrogen) atoms. The van der Waals surface area contributed by atoms with Gasteiger partial charge in [-0.05, 0) is 49.8 Å². The van der Waals surface area contributed by atoms with Crippen molar-refractivity contribution in [1.82, 2.24) is 9.97 Å². The number of hydrogen-bond acceptors (Lipinski definition) is 5. The predicted molar refractivity (Wildman–Crippen MR) is 137 cm³/mol. The molecule has 180 valence electrons. The number of Topliss-reactive ketones (excluding diaryl/α,β-unsaturated/α-hetero) is 1. The lowest BCUT2D eigenvalue weighted by molar-refractivity contribution is 0.0988. The van der Waals surface area contributed by atoms with Crippen molar-refractivity contribution in [3.63, 3.8) is 0 Å². The van der Waals surface area contributed by atoms with Crippen LogP contribution in [0.4, 0.5) is 0 Å². The highest BCUT2D eigenvalue weighted by molar-refractivity contribution is 5.96. The summed E-state index contributed by atoms with van der Waals surface area (Å²) in [5.74, 6) is 2.19. The van der Waals surface area contributed by atoms with E-state index in [0.29, 0.717) is 35.9 Å². The maximum atomic E-state index is 12.2. The molecule has 5 rings (SSSR count). The molecule has 1 fully saturated rings. The van der Waals surface area contributed by atoms with Gasteiger partial charge in [0.15, 0.2) is 5.78 Å². The van der Waals surface area contributed by atoms with Crippen LogP contribution in [0.3, 0.4) is 0 Å². The van der Waals surface area contributed by atoms with Crippen molar-refractivity contribution in [2.45, 2.75) is 64.9 Å². The van der Waals surface area contributed by atoms with Crippen LogP contribution in [0, 0.1) is 6.92 Å². The second-order valence-corrected chi connectivity index (χ2v) is 9.46. The van der Waals surface area contributed by atoms with Crippen molar-refractivity contribution in [3.8, 4) is 11.6 Å². The minimum atomic E-state index is 0.102. The fourth-order valence-corrected chi connectivity index (χ4v) is 5.09. The van der Waals surface area contributed by atoms with Crippen molar-refractivity contribution >= 4 is 11.4 Å². The topological polar surface area (TPSA) is 61.3 Å². The first kappa shape index (κ1) is 23.3. The predicted octanol–water partition coefficient (Wildman–Crippen LogP) is 6.29. The van der Waals surface area contributed by atoms with Crippen LogP contribution >= 0.6 is 0 Å². The lowest BCUT2D eigenvalue weighted by atomic mass is 9.99. The largest absolute Gasteiger partial charge is 0.496 e. The summed E-state index contributed by atoms with van der Waals surface area (Å²) in [6, 6.07) is 14.2. The Morgan fingerprint density at radius 1 is 1.09 bits per heavy atom. The molecule has 0 aliphatic heterocycles. The SMILES string of the molecule is CCC(=O)c1ccc(Cc2nc3c(c(OC4CCCC4)n2)C(c2cccc(C)c2)=CC3)c(OC)c1. The lowest BCUT2D eigenvalue weighted by Gasteiger charge is -2.18. The highest BCUT2D eigenvalue weighted by Crippen LogP contribution is 2.39. The number of aryl methyl sites for hydroxylation is 1. The van der Waals surface area contributed by atoms with Gasteiger partial charge in [0.2, 0.25) is 5.88 Å². The number of ether oxygens (including phenoxy) is 2. The Bertz CT molecular complexity index is 1290. The van der Waals surface area contributed by atoms with Gasteiger partial charge >= 0.3 is 0 Å². The van der Waals surface area contributed by atoms with E-state index >= 15 is 0 Å². The zero-order valence-electron chi connectivity index (χ0n) is 20.8. The van der Waals surface area contributed by atoms with Gasteiger partial charge in [-0.2, -0.15) is 4.98 Å². The van der Waals surface area contributed by atoms with Gasteiger partial charge < -0.3 is 9.47 Å². The molecule has 5 nitrogen and oxygen atoms in total. The molecule has 0 N–H and O–H groups in total. The number of methoxy groups -OCH3 is 1. The Morgan fingerprint density at radius 2 is 1.91 bits per heavy atom. The van der Waals surface area contributed by atoms with Crippen LogP contribution < -0.4 is 9.47 Å². The molecule has 0 spiro atoms. The van der Waals surface area contributed by atoms with Crippen LogP contribution in [0.1, 0.15) is 83.2 Å². The number of ketones is 1. The average molecular weight is 469 g/mol. The van der Waals surface area contributed by atoms with Gasteiger partial charge in [0.1, 0.15) is 17.7 Å². The Morgan fingerprint density at radius 3 is 2.66 bits per heavy atom. The molecule has 2 aliphatic carbocycles. The molecule has 0 amide bonds. The molecule has 0 atom stereocenters. The van der Waals surface area contributed by atoms with Gasteiger partial charge in [-0.1, -0.05) is 55.0 Å². The molecular weight excluding hydrogens is 436 g/mol. The molecule has 0 radical (unpaired) electrons. The highest BCUT2D eigenvalue weighted by atomic mass is 16.5. The lowest BCUT2D eigenvalue weighted by Crippen LogP contribution is -2.15. The van der Waals surface area contributed by atoms with Crippen LogP contribution in [0.15, 0.2) is 48.5 Å². The van der Waals surface area contributed by atoms with E-state index in [4.69, 9.17) is 19.4 Å². The molecule has 0 bridgehead atoms. The summed E-state index contributed by atoms with van der Waals surface area (Å²) in [7, 11) is 1.63. The summed E-state index contributed by atoms with van der Waals surface area (Å²) in [6.45, 7) is 3.98. The van der Waals surface area contributed by atoms with Crippen molar-refractivity contribution in [1.29, 1.82) is 0 Å². The van der Waals surface area contributed by atoms with Gasteiger partial charge in [0.25, 0.3) is 0 Å². The first-order valence-corrected chi connectivity index (χ1v) is 12.6. The number of carbonyl (C=O) groups excluding carboxylic acids is 1. The van der Waals surface area contributed by atoms with E-state index in [1.54, 1.807) is 7.11 Å². The molecule has 0 saturated heterocycles. The minimum absolute atomic E-state index is 0.102. The highest BCUT2D eigenvalue weighted by Gasteiger charge is 2.27. The Hall–Kier alpha value is -3.47. The van der Waals surface area contributed by atoms with Crippen molar-refractivity contribution < 1.29 is 14.3 Å². The monoisotopic (exact) mass is 468 g/mol. The van der Waals surface area contributed by atoms with Crippen LogP contribution in [0.25, 0.3) is 5.57 Å². The average Bonchev–Trinajstić information content (AvgIpc) is 3.54. The third kappa shape index (κ3) is 4.86. The van der Waals surface area contributed by atoms with Gasteiger partial charge in [0, 0.05) is 30.4 Å². The van der Waals surface area contributed by atoms with E-state index in [1.165, 1.54) is 24.0 Å². The molecule has 5 heteroatoms. The van der Waals surface area contributed by atoms with Crippen LogP contribution in [0.2, 0.25) is 0 Å². The molecule has 1 aromatic heterocycles. The zero-order valence-corrected chi connectivity index (χ0v) is 20.8. The van der Waals surface area contributed by atoms with Gasteiger partial charge in [0.05, 0.1) is 18.4 Å². The second-order valence-electron chi connectivity index (χ2n) is 9.46. The summed E-state index contributed by atoms with van der Waals surface area (Å²) in [4.78, 5) is 22.1. The van der Waals surface area contributed by atoms with Gasteiger partial charge in [-0.3, -0.25) is 4.79 Å². The zero-order chi connectivity index (χ0) is 24.4. The van der Waals surface area contributed by atoms with Crippen LogP contribution in [-0.2, 0) is 12.8 Å². The molecule has 2 aliphatic rings. The third-order valence-electron chi connectivity index (χ3n) is 6.95. The first-order valence-electron chi connectivity index (χ1n) is 12.6. The van der Waals surface area contributed by atoms with E-state index in [0.717, 1.165) is 41.7 Å². The minimum Gasteiger partial charge on any atom is -0.496 e. The van der Waals surface area contributed by atoms with E-state index in [9.17, 15) is 4.79 Å². The number of benzene rings is 2. The fraction of sp³-hybridized carbons (Fsp3) is 0.367. The maximum Gasteiger partial charge on any atom is 0.225 e. The van der Waals surface area contributed by atoms with E-state index in [-0.39, 0.29) is 11.9 Å². The first-order chi connectivity index (χ1) is 17.1. The molecule has 3 aromatic rings. The molecule has 2 aromatic carbocycles. The van der Waals surface area contributed by atoms with Crippen LogP contribution in [-0.4, -0.2) is 29.0 Å². The van der Waals surface area contributed by atoms with E-state index < -0.39 is 0 Å². The van der Waals surface area contributed by atoms with E-state index in [2.05, 4.69) is 37.3 Å². The Balaban J connectivity index is 1.52. The normalized spacial score (nSPS) is 15.1. The Labute approximate surface area is 207 Å². The quantitative estimate of drug-likeness (QED) is 0.364. The number of allylic oxidation sites excluding steroid dienone is 1. The van der Waals surface area contributed by atoms with Crippen molar-refractivity contribution in [2.75, 3.05) is 7.11 Å². The maximum absolute atomic E-state index is 12.2. The Kier molecular flexibility index (Phi) is 6.67. The standard InChI is InChI=1S/C30H32N2O3/c1-4-26(33)21-12-13-22(27(17-21)34-3)18-28-31-25-15-14-24(20-9-7-8-19(2)16-20)29(25)30(32-28)35-23-10-5-6-11-23/h7-9,12-14,16-17,23H,4-6,10-11,15,18H2,1-3H3. The number of carbonyl (C=O) groups is 1. The third-order valence-corrected chi connectivity index (χ3v) is 6.95. The van der Waals surface area contributed by atoms with Crippen molar-refractivity contribution in [3.05, 3.63) is 87.9 Å². The summed E-state index contributed by atoms with van der Waals surface area (Å²) in [5, 5.41) is 0. The van der Waals surface area contributed by atoms with Gasteiger partial charge in [-0.15, -0.1) is 0 Å². The number of rotatable bonds is 8. The summed E-state index contributed by atoms with van der Waals surface area (Å²) in [6.07, 6.45) is 8.72. The summed E-state index contributed by atoms with van der Waals surface area (Å²) < 4.78 is 12.2. The summed E-state index contributed by atoms with van der Waals surface area (Å²) in [5.41, 5.74) is 7.22.